The molecule has 3 rings (SSSR count). The molecule has 2 fully saturated rings. The third kappa shape index (κ3) is 2.99. The number of rotatable bonds is 4. The van der Waals surface area contributed by atoms with E-state index >= 15 is 0 Å². The first-order chi connectivity index (χ1) is 9.74. The molecule has 0 saturated carbocycles. The summed E-state index contributed by atoms with van der Waals surface area (Å²) in [6, 6.07) is 8.26. The van der Waals surface area contributed by atoms with Crippen molar-refractivity contribution in [1.29, 1.82) is 0 Å². The van der Waals surface area contributed by atoms with Crippen LogP contribution in [-0.2, 0) is 0 Å². The minimum Gasteiger partial charge on any atom is -0.329 e. The SMILES string of the molecule is O=C1NC(c2ccccc2Br)CN1CCC1CCNC1. The van der Waals surface area contributed by atoms with Gasteiger partial charge in [0.1, 0.15) is 0 Å². The van der Waals surface area contributed by atoms with Crippen LogP contribution in [0.4, 0.5) is 4.79 Å². The van der Waals surface area contributed by atoms with Crippen LogP contribution in [-0.4, -0.2) is 37.1 Å². The molecule has 108 valence electrons. The molecule has 2 amide bonds. The molecule has 1 aromatic rings. The fourth-order valence-electron chi connectivity index (χ4n) is 3.02. The Morgan fingerprint density at radius 3 is 2.95 bits per heavy atom. The Hall–Kier alpha value is -1.07. The number of amides is 2. The van der Waals surface area contributed by atoms with Crippen molar-refractivity contribution in [1.82, 2.24) is 15.5 Å². The molecule has 2 saturated heterocycles. The van der Waals surface area contributed by atoms with Crippen LogP contribution in [0.2, 0.25) is 0 Å². The molecule has 2 N–H and O–H groups in total. The zero-order chi connectivity index (χ0) is 13.9. The smallest absolute Gasteiger partial charge is 0.318 e. The number of hydrogen-bond donors (Lipinski definition) is 2. The Bertz CT molecular complexity index is 488. The van der Waals surface area contributed by atoms with E-state index in [-0.39, 0.29) is 12.1 Å². The number of hydrogen-bond acceptors (Lipinski definition) is 2. The van der Waals surface area contributed by atoms with E-state index in [1.807, 2.05) is 23.1 Å². The second kappa shape index (κ2) is 6.14. The summed E-state index contributed by atoms with van der Waals surface area (Å²) in [5.74, 6) is 0.727. The Morgan fingerprint density at radius 1 is 1.35 bits per heavy atom. The number of benzene rings is 1. The largest absolute Gasteiger partial charge is 0.329 e. The summed E-state index contributed by atoms with van der Waals surface area (Å²) in [4.78, 5) is 14.0. The first kappa shape index (κ1) is 13.9. The van der Waals surface area contributed by atoms with Crippen molar-refractivity contribution < 1.29 is 4.79 Å². The van der Waals surface area contributed by atoms with Crippen LogP contribution < -0.4 is 10.6 Å². The summed E-state index contributed by atoms with van der Waals surface area (Å²) in [6.45, 7) is 3.85. The monoisotopic (exact) mass is 337 g/mol. The van der Waals surface area contributed by atoms with Crippen molar-refractivity contribution >= 4 is 22.0 Å². The molecule has 20 heavy (non-hydrogen) atoms. The molecule has 0 aliphatic carbocycles. The van der Waals surface area contributed by atoms with E-state index in [0.717, 1.165) is 48.6 Å². The van der Waals surface area contributed by atoms with Crippen molar-refractivity contribution in [3.05, 3.63) is 34.3 Å². The van der Waals surface area contributed by atoms with Crippen molar-refractivity contribution in [2.75, 3.05) is 26.2 Å². The highest BCUT2D eigenvalue weighted by Gasteiger charge is 2.30. The van der Waals surface area contributed by atoms with Crippen molar-refractivity contribution in [2.45, 2.75) is 18.9 Å². The van der Waals surface area contributed by atoms with Crippen molar-refractivity contribution in [3.63, 3.8) is 0 Å². The maximum absolute atomic E-state index is 12.1. The summed E-state index contributed by atoms with van der Waals surface area (Å²) >= 11 is 3.56. The number of carbonyl (C=O) groups excluding carboxylic acids is 1. The molecular weight excluding hydrogens is 318 g/mol. The summed E-state index contributed by atoms with van der Waals surface area (Å²) < 4.78 is 1.06. The molecule has 0 radical (unpaired) electrons. The van der Waals surface area contributed by atoms with E-state index in [0.29, 0.717) is 0 Å². The average molecular weight is 338 g/mol. The van der Waals surface area contributed by atoms with E-state index in [2.05, 4.69) is 32.6 Å². The maximum atomic E-state index is 12.1. The van der Waals surface area contributed by atoms with E-state index in [9.17, 15) is 4.79 Å². The quantitative estimate of drug-likeness (QED) is 0.886. The minimum atomic E-state index is 0.0664. The molecule has 2 unspecified atom stereocenters. The van der Waals surface area contributed by atoms with Crippen LogP contribution in [0.3, 0.4) is 0 Å². The fraction of sp³-hybridized carbons (Fsp3) is 0.533. The van der Waals surface area contributed by atoms with Gasteiger partial charge < -0.3 is 15.5 Å². The van der Waals surface area contributed by atoms with Crippen molar-refractivity contribution in [3.8, 4) is 0 Å². The molecule has 2 heterocycles. The number of nitrogens with zero attached hydrogens (tertiary/aromatic N) is 1. The molecule has 2 aliphatic heterocycles. The highest BCUT2D eigenvalue weighted by Crippen LogP contribution is 2.27. The molecule has 5 heteroatoms. The maximum Gasteiger partial charge on any atom is 0.318 e. The average Bonchev–Trinajstić information content (AvgIpc) is 3.07. The second-order valence-electron chi connectivity index (χ2n) is 5.62. The molecule has 2 aliphatic rings. The lowest BCUT2D eigenvalue weighted by molar-refractivity contribution is 0.214. The van der Waals surface area contributed by atoms with Crippen LogP contribution in [0.25, 0.3) is 0 Å². The standard InChI is InChI=1S/C15H20BrN3O/c16-13-4-2-1-3-12(13)14-10-19(15(20)18-14)8-6-11-5-7-17-9-11/h1-4,11,14,17H,5-10H2,(H,18,20). The van der Waals surface area contributed by atoms with E-state index in [1.54, 1.807) is 0 Å². The van der Waals surface area contributed by atoms with Gasteiger partial charge in [-0.05, 0) is 43.5 Å². The predicted octanol–water partition coefficient (Wildman–Crippen LogP) is 2.52. The van der Waals surface area contributed by atoms with Crippen LogP contribution in [0.1, 0.15) is 24.4 Å². The van der Waals surface area contributed by atoms with E-state index in [1.165, 1.54) is 6.42 Å². The first-order valence-electron chi connectivity index (χ1n) is 7.24. The van der Waals surface area contributed by atoms with Gasteiger partial charge in [-0.2, -0.15) is 0 Å². The van der Waals surface area contributed by atoms with Gasteiger partial charge in [-0.15, -0.1) is 0 Å². The van der Waals surface area contributed by atoms with Gasteiger partial charge in [0.25, 0.3) is 0 Å². The zero-order valence-corrected chi connectivity index (χ0v) is 13.0. The van der Waals surface area contributed by atoms with Gasteiger partial charge in [-0.3, -0.25) is 0 Å². The molecule has 0 spiro atoms. The molecule has 1 aromatic carbocycles. The Labute approximate surface area is 128 Å². The molecule has 4 nitrogen and oxygen atoms in total. The molecule has 2 atom stereocenters. The van der Waals surface area contributed by atoms with Crippen LogP contribution in [0.15, 0.2) is 28.7 Å². The highest BCUT2D eigenvalue weighted by atomic mass is 79.9. The third-order valence-electron chi connectivity index (χ3n) is 4.24. The second-order valence-corrected chi connectivity index (χ2v) is 6.47. The van der Waals surface area contributed by atoms with Gasteiger partial charge in [0.05, 0.1) is 6.04 Å². The third-order valence-corrected chi connectivity index (χ3v) is 4.96. The lowest BCUT2D eigenvalue weighted by Gasteiger charge is -2.17. The van der Waals surface area contributed by atoms with Crippen LogP contribution in [0, 0.1) is 5.92 Å². The van der Waals surface area contributed by atoms with Gasteiger partial charge >= 0.3 is 6.03 Å². The summed E-state index contributed by atoms with van der Waals surface area (Å²) in [7, 11) is 0. The Balaban J connectivity index is 1.59. The molecule has 0 aromatic heterocycles. The normalized spacial score (nSPS) is 26.1. The highest BCUT2D eigenvalue weighted by molar-refractivity contribution is 9.10. The van der Waals surface area contributed by atoms with E-state index in [4.69, 9.17) is 0 Å². The topological polar surface area (TPSA) is 44.4 Å². The summed E-state index contributed by atoms with van der Waals surface area (Å²) in [5.41, 5.74) is 1.16. The van der Waals surface area contributed by atoms with Gasteiger partial charge in [-0.1, -0.05) is 34.1 Å². The predicted molar refractivity (Wildman–Crippen MR) is 82.6 cm³/mol. The lowest BCUT2D eigenvalue weighted by Crippen LogP contribution is -2.30. The van der Waals surface area contributed by atoms with Crippen molar-refractivity contribution in [2.24, 2.45) is 5.92 Å². The van der Waals surface area contributed by atoms with Gasteiger partial charge in [0, 0.05) is 17.6 Å². The lowest BCUT2D eigenvalue weighted by atomic mass is 10.0. The molecule has 0 bridgehead atoms. The van der Waals surface area contributed by atoms with Gasteiger partial charge in [0.2, 0.25) is 0 Å². The first-order valence-corrected chi connectivity index (χ1v) is 8.04. The van der Waals surface area contributed by atoms with E-state index < -0.39 is 0 Å². The van der Waals surface area contributed by atoms with Gasteiger partial charge in [0.15, 0.2) is 0 Å². The Morgan fingerprint density at radius 2 is 2.20 bits per heavy atom. The summed E-state index contributed by atoms with van der Waals surface area (Å²) in [5, 5.41) is 6.45. The minimum absolute atomic E-state index is 0.0664. The number of nitrogens with one attached hydrogen (secondary N) is 2. The van der Waals surface area contributed by atoms with Gasteiger partial charge in [-0.25, -0.2) is 4.79 Å². The van der Waals surface area contributed by atoms with Crippen LogP contribution in [0.5, 0.6) is 0 Å². The zero-order valence-electron chi connectivity index (χ0n) is 11.4. The number of urea groups is 1. The molecular formula is C15H20BrN3O. The fourth-order valence-corrected chi connectivity index (χ4v) is 3.58. The number of carbonyl (C=O) groups is 1. The summed E-state index contributed by atoms with van der Waals surface area (Å²) in [6.07, 6.45) is 2.34. The number of halogens is 1. The Kier molecular flexibility index (Phi) is 4.27. The van der Waals surface area contributed by atoms with Crippen LogP contribution >= 0.6 is 15.9 Å².